The van der Waals surface area contributed by atoms with Crippen LogP contribution in [0.15, 0.2) is 42.5 Å². The molecule has 130 valence electrons. The number of aromatic amines is 1. The Morgan fingerprint density at radius 3 is 2.72 bits per heavy atom. The number of aromatic nitrogens is 2. The van der Waals surface area contributed by atoms with Gasteiger partial charge in [-0.25, -0.2) is 4.98 Å². The molecule has 1 amide bonds. The molecule has 0 aliphatic carbocycles. The minimum Gasteiger partial charge on any atom is -0.497 e. The summed E-state index contributed by atoms with van der Waals surface area (Å²) < 4.78 is 5.21. The minimum atomic E-state index is 0.0679. The van der Waals surface area contributed by atoms with Crippen LogP contribution in [0.1, 0.15) is 23.4 Å². The van der Waals surface area contributed by atoms with Crippen molar-refractivity contribution in [3.05, 3.63) is 59.4 Å². The van der Waals surface area contributed by atoms with E-state index in [4.69, 9.17) is 4.74 Å². The average molecular weight is 337 g/mol. The van der Waals surface area contributed by atoms with Crippen molar-refractivity contribution in [3.8, 4) is 5.75 Å². The van der Waals surface area contributed by atoms with Gasteiger partial charge in [-0.2, -0.15) is 0 Å². The summed E-state index contributed by atoms with van der Waals surface area (Å²) in [5.41, 5.74) is 4.27. The van der Waals surface area contributed by atoms with Crippen LogP contribution in [0.3, 0.4) is 0 Å². The van der Waals surface area contributed by atoms with Crippen LogP contribution < -0.4 is 10.1 Å². The molecule has 3 aromatic rings. The second-order valence-corrected chi connectivity index (χ2v) is 6.15. The summed E-state index contributed by atoms with van der Waals surface area (Å²) in [6.45, 7) is 2.63. The van der Waals surface area contributed by atoms with Gasteiger partial charge in [0.25, 0.3) is 0 Å². The summed E-state index contributed by atoms with van der Waals surface area (Å²) in [6.07, 6.45) is 1.93. The third-order valence-corrected chi connectivity index (χ3v) is 4.18. The van der Waals surface area contributed by atoms with Gasteiger partial charge in [-0.3, -0.25) is 4.79 Å². The summed E-state index contributed by atoms with van der Waals surface area (Å²) in [5.74, 6) is 1.73. The molecule has 0 saturated carbocycles. The van der Waals surface area contributed by atoms with Crippen LogP contribution in [-0.4, -0.2) is 29.5 Å². The second kappa shape index (κ2) is 7.83. The van der Waals surface area contributed by atoms with Gasteiger partial charge >= 0.3 is 0 Å². The number of amides is 1. The van der Waals surface area contributed by atoms with Gasteiger partial charge in [0.1, 0.15) is 11.6 Å². The van der Waals surface area contributed by atoms with E-state index in [2.05, 4.69) is 46.5 Å². The lowest BCUT2D eigenvalue weighted by atomic mass is 10.1. The van der Waals surface area contributed by atoms with Crippen molar-refractivity contribution in [2.24, 2.45) is 0 Å². The zero-order valence-electron chi connectivity index (χ0n) is 14.6. The maximum Gasteiger partial charge on any atom is 0.220 e. The topological polar surface area (TPSA) is 67.0 Å². The van der Waals surface area contributed by atoms with Crippen molar-refractivity contribution in [3.63, 3.8) is 0 Å². The molecular weight excluding hydrogens is 314 g/mol. The first kappa shape index (κ1) is 17.0. The molecule has 0 atom stereocenters. The quantitative estimate of drug-likeness (QED) is 0.696. The fourth-order valence-corrected chi connectivity index (χ4v) is 2.71. The highest BCUT2D eigenvalue weighted by molar-refractivity contribution is 5.77. The van der Waals surface area contributed by atoms with Crippen molar-refractivity contribution in [1.29, 1.82) is 0 Å². The molecule has 1 heterocycles. The molecule has 25 heavy (non-hydrogen) atoms. The number of H-pyrrole nitrogens is 1. The maximum atomic E-state index is 12.0. The van der Waals surface area contributed by atoms with Crippen molar-refractivity contribution >= 4 is 16.9 Å². The van der Waals surface area contributed by atoms with E-state index in [0.29, 0.717) is 19.4 Å². The number of hydrogen-bond acceptors (Lipinski definition) is 3. The number of nitrogens with one attached hydrogen (secondary N) is 2. The predicted molar refractivity (Wildman–Crippen MR) is 98.9 cm³/mol. The van der Waals surface area contributed by atoms with Crippen molar-refractivity contribution in [2.75, 3.05) is 13.7 Å². The van der Waals surface area contributed by atoms with E-state index in [0.717, 1.165) is 29.0 Å². The molecule has 0 radical (unpaired) electrons. The lowest BCUT2D eigenvalue weighted by Gasteiger charge is -2.04. The van der Waals surface area contributed by atoms with Crippen LogP contribution in [0.2, 0.25) is 0 Å². The van der Waals surface area contributed by atoms with Gasteiger partial charge in [0.2, 0.25) is 5.91 Å². The second-order valence-electron chi connectivity index (χ2n) is 6.15. The Balaban J connectivity index is 1.45. The number of ether oxygens (including phenoxy) is 1. The first-order valence-electron chi connectivity index (χ1n) is 8.49. The molecule has 2 aromatic carbocycles. The molecular formula is C20H23N3O2. The highest BCUT2D eigenvalue weighted by Crippen LogP contribution is 2.18. The highest BCUT2D eigenvalue weighted by Gasteiger charge is 2.06. The number of fused-ring (bicyclic) bond motifs is 1. The van der Waals surface area contributed by atoms with E-state index in [1.807, 2.05) is 18.2 Å². The first-order chi connectivity index (χ1) is 12.1. The maximum absolute atomic E-state index is 12.0. The molecule has 0 unspecified atom stereocenters. The number of hydrogen-bond donors (Lipinski definition) is 2. The zero-order valence-corrected chi connectivity index (χ0v) is 14.6. The smallest absolute Gasteiger partial charge is 0.220 e. The largest absolute Gasteiger partial charge is 0.497 e. The molecule has 0 spiro atoms. The van der Waals surface area contributed by atoms with Crippen molar-refractivity contribution in [2.45, 2.75) is 26.2 Å². The Kier molecular flexibility index (Phi) is 5.33. The van der Waals surface area contributed by atoms with E-state index < -0.39 is 0 Å². The highest BCUT2D eigenvalue weighted by atomic mass is 16.5. The normalized spacial score (nSPS) is 10.8. The number of imidazole rings is 1. The molecule has 5 heteroatoms. The van der Waals surface area contributed by atoms with Gasteiger partial charge in [0.05, 0.1) is 18.1 Å². The Morgan fingerprint density at radius 2 is 1.96 bits per heavy atom. The van der Waals surface area contributed by atoms with Gasteiger partial charge in [0.15, 0.2) is 0 Å². The number of rotatable bonds is 7. The summed E-state index contributed by atoms with van der Waals surface area (Å²) in [6, 6.07) is 14.0. The molecule has 5 nitrogen and oxygen atoms in total. The van der Waals surface area contributed by atoms with Gasteiger partial charge in [-0.15, -0.1) is 0 Å². The van der Waals surface area contributed by atoms with Crippen LogP contribution in [0.5, 0.6) is 5.75 Å². The first-order valence-corrected chi connectivity index (χ1v) is 8.49. The van der Waals surface area contributed by atoms with Crippen LogP contribution in [-0.2, 0) is 17.6 Å². The van der Waals surface area contributed by atoms with E-state index >= 15 is 0 Å². The Morgan fingerprint density at radius 1 is 1.16 bits per heavy atom. The van der Waals surface area contributed by atoms with E-state index in [1.54, 1.807) is 7.11 Å². The van der Waals surface area contributed by atoms with Gasteiger partial charge in [-0.05, 0) is 31.0 Å². The number of nitrogens with zero attached hydrogens (tertiary/aromatic N) is 1. The third-order valence-electron chi connectivity index (χ3n) is 4.18. The number of aryl methyl sites for hydroxylation is 2. The number of methoxy groups -OCH3 is 1. The monoisotopic (exact) mass is 337 g/mol. The number of carbonyl (C=O) groups is 1. The molecule has 1 aromatic heterocycles. The number of benzene rings is 2. The third kappa shape index (κ3) is 4.59. The fourth-order valence-electron chi connectivity index (χ4n) is 2.71. The van der Waals surface area contributed by atoms with Gasteiger partial charge in [-0.1, -0.05) is 29.8 Å². The minimum absolute atomic E-state index is 0.0679. The van der Waals surface area contributed by atoms with E-state index in [-0.39, 0.29) is 5.91 Å². The van der Waals surface area contributed by atoms with E-state index in [1.165, 1.54) is 11.1 Å². The zero-order chi connectivity index (χ0) is 17.6. The molecule has 0 aliphatic rings. The molecule has 0 bridgehead atoms. The van der Waals surface area contributed by atoms with Gasteiger partial charge in [0, 0.05) is 25.5 Å². The molecule has 0 fully saturated rings. The van der Waals surface area contributed by atoms with E-state index in [9.17, 15) is 4.79 Å². The standard InChI is InChI=1S/C20H23N3O2/c1-14-3-5-15(6-4-14)7-10-20(24)21-12-11-19-22-17-9-8-16(25-2)13-18(17)23-19/h3-6,8-9,13H,7,10-12H2,1-2H3,(H,21,24)(H,22,23). The SMILES string of the molecule is COc1ccc2nc(CCNC(=O)CCc3ccc(C)cc3)[nH]c2c1. The Labute approximate surface area is 147 Å². The summed E-state index contributed by atoms with van der Waals surface area (Å²) in [7, 11) is 1.64. The molecule has 0 aliphatic heterocycles. The summed E-state index contributed by atoms with van der Waals surface area (Å²) in [5, 5.41) is 2.96. The Hall–Kier alpha value is -2.82. The molecule has 2 N–H and O–H groups in total. The van der Waals surface area contributed by atoms with Gasteiger partial charge < -0.3 is 15.0 Å². The van der Waals surface area contributed by atoms with Crippen LogP contribution in [0.25, 0.3) is 11.0 Å². The number of carbonyl (C=O) groups excluding carboxylic acids is 1. The van der Waals surface area contributed by atoms with Crippen LogP contribution >= 0.6 is 0 Å². The predicted octanol–water partition coefficient (Wildman–Crippen LogP) is 3.17. The van der Waals surface area contributed by atoms with Crippen LogP contribution in [0, 0.1) is 6.92 Å². The van der Waals surface area contributed by atoms with Crippen molar-refractivity contribution in [1.82, 2.24) is 15.3 Å². The Bertz CT molecular complexity index is 853. The lowest BCUT2D eigenvalue weighted by molar-refractivity contribution is -0.121. The average Bonchev–Trinajstić information content (AvgIpc) is 3.03. The molecule has 3 rings (SSSR count). The van der Waals surface area contributed by atoms with Crippen LogP contribution in [0.4, 0.5) is 0 Å². The fraction of sp³-hybridized carbons (Fsp3) is 0.300. The molecule has 0 saturated heterocycles. The summed E-state index contributed by atoms with van der Waals surface area (Å²) in [4.78, 5) is 19.8. The van der Waals surface area contributed by atoms with Crippen molar-refractivity contribution < 1.29 is 9.53 Å². The summed E-state index contributed by atoms with van der Waals surface area (Å²) >= 11 is 0. The lowest BCUT2D eigenvalue weighted by Crippen LogP contribution is -2.26.